The minimum absolute atomic E-state index is 0.724. The third-order valence-electron chi connectivity index (χ3n) is 2.14. The number of thiazole rings is 1. The van der Waals surface area contributed by atoms with E-state index in [9.17, 15) is 0 Å². The summed E-state index contributed by atoms with van der Waals surface area (Å²) in [5, 5.41) is 7.57. The zero-order valence-corrected chi connectivity index (χ0v) is 11.5. The molecule has 0 unspecified atom stereocenters. The summed E-state index contributed by atoms with van der Waals surface area (Å²) < 4.78 is 0. The summed E-state index contributed by atoms with van der Waals surface area (Å²) >= 11 is 1.70. The number of hydrogen-bond donors (Lipinski definition) is 2. The predicted molar refractivity (Wildman–Crippen MR) is 74.5 cm³/mol. The highest BCUT2D eigenvalue weighted by molar-refractivity contribution is 7.11. The standard InChI is InChI=1S/C12H20N4S/c1-4-5-6-7-14-12(13-3)16-9-11-15-8-10(2)17-11/h4-5,8H,6-7,9H2,1-3H3,(H2,13,14,16). The number of nitrogens with one attached hydrogen (secondary N) is 2. The monoisotopic (exact) mass is 252 g/mol. The maximum Gasteiger partial charge on any atom is 0.191 e. The molecule has 5 heteroatoms. The van der Waals surface area contributed by atoms with E-state index in [2.05, 4.69) is 39.7 Å². The maximum atomic E-state index is 4.29. The second-order valence-electron chi connectivity index (χ2n) is 3.57. The highest BCUT2D eigenvalue weighted by atomic mass is 32.1. The van der Waals surface area contributed by atoms with E-state index in [0.717, 1.165) is 30.5 Å². The first kappa shape index (κ1) is 13.7. The molecule has 1 aromatic heterocycles. The number of aliphatic imine (C=N–C) groups is 1. The molecule has 0 aromatic carbocycles. The van der Waals surface area contributed by atoms with E-state index >= 15 is 0 Å². The molecule has 0 amide bonds. The molecule has 4 nitrogen and oxygen atoms in total. The third-order valence-corrected chi connectivity index (χ3v) is 3.05. The van der Waals surface area contributed by atoms with Gasteiger partial charge in [-0.25, -0.2) is 4.98 Å². The Kier molecular flexibility index (Phi) is 6.32. The van der Waals surface area contributed by atoms with Crippen LogP contribution in [0.2, 0.25) is 0 Å². The van der Waals surface area contributed by atoms with Gasteiger partial charge in [0.15, 0.2) is 5.96 Å². The Morgan fingerprint density at radius 1 is 1.53 bits per heavy atom. The number of aryl methyl sites for hydroxylation is 1. The molecule has 17 heavy (non-hydrogen) atoms. The van der Waals surface area contributed by atoms with Crippen molar-refractivity contribution in [2.75, 3.05) is 13.6 Å². The van der Waals surface area contributed by atoms with Crippen LogP contribution in [0, 0.1) is 6.92 Å². The fourth-order valence-electron chi connectivity index (χ4n) is 1.30. The van der Waals surface area contributed by atoms with Gasteiger partial charge in [0.05, 0.1) is 6.54 Å². The maximum absolute atomic E-state index is 4.29. The lowest BCUT2D eigenvalue weighted by Gasteiger charge is -2.09. The van der Waals surface area contributed by atoms with E-state index in [4.69, 9.17) is 0 Å². The normalized spacial score (nSPS) is 12.1. The average Bonchev–Trinajstić information content (AvgIpc) is 2.74. The van der Waals surface area contributed by atoms with Gasteiger partial charge in [-0.3, -0.25) is 4.99 Å². The second kappa shape index (κ2) is 7.84. The van der Waals surface area contributed by atoms with Gasteiger partial charge < -0.3 is 10.6 Å². The smallest absolute Gasteiger partial charge is 0.191 e. The Balaban J connectivity index is 2.28. The topological polar surface area (TPSA) is 49.3 Å². The van der Waals surface area contributed by atoms with E-state index in [1.807, 2.05) is 13.1 Å². The fourth-order valence-corrected chi connectivity index (χ4v) is 2.03. The lowest BCUT2D eigenvalue weighted by atomic mass is 10.4. The van der Waals surface area contributed by atoms with Crippen LogP contribution in [-0.4, -0.2) is 24.5 Å². The first-order valence-corrected chi connectivity index (χ1v) is 6.55. The van der Waals surface area contributed by atoms with Crippen molar-refractivity contribution >= 4 is 17.3 Å². The average molecular weight is 252 g/mol. The van der Waals surface area contributed by atoms with Crippen LogP contribution in [-0.2, 0) is 6.54 Å². The van der Waals surface area contributed by atoms with Gasteiger partial charge in [0.1, 0.15) is 5.01 Å². The number of aromatic nitrogens is 1. The molecule has 2 N–H and O–H groups in total. The van der Waals surface area contributed by atoms with Crippen molar-refractivity contribution in [1.82, 2.24) is 15.6 Å². The van der Waals surface area contributed by atoms with Crippen LogP contribution in [0.25, 0.3) is 0 Å². The zero-order chi connectivity index (χ0) is 12.5. The van der Waals surface area contributed by atoms with Crippen molar-refractivity contribution in [3.8, 4) is 0 Å². The van der Waals surface area contributed by atoms with Gasteiger partial charge in [-0.05, 0) is 20.3 Å². The second-order valence-corrected chi connectivity index (χ2v) is 4.89. The Bertz CT molecular complexity index is 382. The van der Waals surface area contributed by atoms with E-state index in [0.29, 0.717) is 0 Å². The molecular formula is C12H20N4S. The first-order chi connectivity index (χ1) is 8.26. The van der Waals surface area contributed by atoms with Crippen LogP contribution >= 0.6 is 11.3 Å². The van der Waals surface area contributed by atoms with Gasteiger partial charge in [-0.1, -0.05) is 12.2 Å². The fraction of sp³-hybridized carbons (Fsp3) is 0.500. The minimum atomic E-state index is 0.724. The van der Waals surface area contributed by atoms with Crippen LogP contribution < -0.4 is 10.6 Å². The van der Waals surface area contributed by atoms with Crippen molar-refractivity contribution in [3.63, 3.8) is 0 Å². The summed E-state index contributed by atoms with van der Waals surface area (Å²) in [6.07, 6.45) is 7.08. The van der Waals surface area contributed by atoms with Crippen LogP contribution in [0.1, 0.15) is 23.2 Å². The van der Waals surface area contributed by atoms with E-state index in [-0.39, 0.29) is 0 Å². The minimum Gasteiger partial charge on any atom is -0.356 e. The van der Waals surface area contributed by atoms with Crippen molar-refractivity contribution in [2.24, 2.45) is 4.99 Å². The van der Waals surface area contributed by atoms with Crippen LogP contribution in [0.15, 0.2) is 23.3 Å². The summed E-state index contributed by atoms with van der Waals surface area (Å²) in [5.74, 6) is 0.822. The van der Waals surface area contributed by atoms with Gasteiger partial charge in [-0.2, -0.15) is 0 Å². The first-order valence-electron chi connectivity index (χ1n) is 5.73. The number of guanidine groups is 1. The van der Waals surface area contributed by atoms with Gasteiger partial charge in [-0.15, -0.1) is 11.3 Å². The number of nitrogens with zero attached hydrogens (tertiary/aromatic N) is 2. The zero-order valence-electron chi connectivity index (χ0n) is 10.7. The molecule has 0 aliphatic carbocycles. The summed E-state index contributed by atoms with van der Waals surface area (Å²) in [7, 11) is 1.78. The molecule has 94 valence electrons. The van der Waals surface area contributed by atoms with Crippen LogP contribution in [0.4, 0.5) is 0 Å². The molecule has 1 rings (SSSR count). The highest BCUT2D eigenvalue weighted by Gasteiger charge is 2.00. The van der Waals surface area contributed by atoms with Crippen molar-refractivity contribution < 1.29 is 0 Å². The SMILES string of the molecule is CC=CCCNC(=NC)NCc1ncc(C)s1. The lowest BCUT2D eigenvalue weighted by Crippen LogP contribution is -2.37. The van der Waals surface area contributed by atoms with Gasteiger partial charge in [0.2, 0.25) is 0 Å². The molecule has 0 fully saturated rings. The number of allylic oxidation sites excluding steroid dienone is 1. The van der Waals surface area contributed by atoms with E-state index in [1.165, 1.54) is 4.88 Å². The quantitative estimate of drug-likeness (QED) is 0.365. The van der Waals surface area contributed by atoms with Gasteiger partial charge in [0.25, 0.3) is 0 Å². The largest absolute Gasteiger partial charge is 0.356 e. The molecule has 0 saturated heterocycles. The number of rotatable bonds is 5. The summed E-state index contributed by atoms with van der Waals surface area (Å²) in [5.41, 5.74) is 0. The van der Waals surface area contributed by atoms with E-state index < -0.39 is 0 Å². The number of hydrogen-bond acceptors (Lipinski definition) is 3. The predicted octanol–water partition coefficient (Wildman–Crippen LogP) is 2.08. The highest BCUT2D eigenvalue weighted by Crippen LogP contribution is 2.10. The molecule has 0 aliphatic rings. The molecule has 0 bridgehead atoms. The van der Waals surface area contributed by atoms with Gasteiger partial charge in [0, 0.05) is 24.7 Å². The molecule has 0 atom stereocenters. The van der Waals surface area contributed by atoms with Crippen molar-refractivity contribution in [2.45, 2.75) is 26.8 Å². The Morgan fingerprint density at radius 2 is 2.35 bits per heavy atom. The van der Waals surface area contributed by atoms with E-state index in [1.54, 1.807) is 18.4 Å². The molecule has 1 heterocycles. The van der Waals surface area contributed by atoms with Crippen molar-refractivity contribution in [3.05, 3.63) is 28.2 Å². The summed E-state index contributed by atoms with van der Waals surface area (Å²) in [4.78, 5) is 9.68. The Hall–Kier alpha value is -1.36. The Morgan fingerprint density at radius 3 is 2.94 bits per heavy atom. The summed E-state index contributed by atoms with van der Waals surface area (Å²) in [6.45, 7) is 5.70. The lowest BCUT2D eigenvalue weighted by molar-refractivity contribution is 0.800. The molecular weight excluding hydrogens is 232 g/mol. The molecule has 0 saturated carbocycles. The molecule has 0 aliphatic heterocycles. The molecule has 0 spiro atoms. The molecule has 0 radical (unpaired) electrons. The van der Waals surface area contributed by atoms with Crippen LogP contribution in [0.5, 0.6) is 0 Å². The van der Waals surface area contributed by atoms with Crippen molar-refractivity contribution in [1.29, 1.82) is 0 Å². The third kappa shape index (κ3) is 5.49. The molecule has 1 aromatic rings. The Labute approximate surface area is 107 Å². The summed E-state index contributed by atoms with van der Waals surface area (Å²) in [6, 6.07) is 0. The van der Waals surface area contributed by atoms with Crippen LogP contribution in [0.3, 0.4) is 0 Å². The van der Waals surface area contributed by atoms with Gasteiger partial charge >= 0.3 is 0 Å².